The van der Waals surface area contributed by atoms with Gasteiger partial charge in [0.25, 0.3) is 0 Å². The summed E-state index contributed by atoms with van der Waals surface area (Å²) in [4.78, 5) is 18.9. The van der Waals surface area contributed by atoms with Gasteiger partial charge in [-0.15, -0.1) is 5.10 Å². The number of amides is 1. The Labute approximate surface area is 152 Å². The highest BCUT2D eigenvalue weighted by Gasteiger charge is 2.28. The van der Waals surface area contributed by atoms with Crippen LogP contribution < -0.4 is 15.0 Å². The minimum atomic E-state index is -0.0734. The molecule has 4 rings (SSSR count). The summed E-state index contributed by atoms with van der Waals surface area (Å²) in [6, 6.07) is 7.65. The highest BCUT2D eigenvalue weighted by atomic mass is 16.5. The minimum Gasteiger partial charge on any atom is -0.481 e. The van der Waals surface area contributed by atoms with E-state index >= 15 is 0 Å². The minimum absolute atomic E-state index is 0.0178. The maximum Gasteiger partial charge on any atom is 0.229 e. The number of carbonyl (C=O) groups is 1. The predicted molar refractivity (Wildman–Crippen MR) is 98.4 cm³/mol. The Kier molecular flexibility index (Phi) is 4.69. The molecule has 0 bridgehead atoms. The van der Waals surface area contributed by atoms with Crippen LogP contribution in [0.25, 0.3) is 0 Å². The van der Waals surface area contributed by atoms with Gasteiger partial charge in [-0.05, 0) is 43.9 Å². The summed E-state index contributed by atoms with van der Waals surface area (Å²) in [5.74, 6) is 1.94. The zero-order valence-corrected chi connectivity index (χ0v) is 14.9. The fourth-order valence-electron chi connectivity index (χ4n) is 3.32. The number of nitrogens with one attached hydrogen (secondary N) is 1. The Morgan fingerprint density at radius 3 is 2.73 bits per heavy atom. The van der Waals surface area contributed by atoms with Gasteiger partial charge in [-0.1, -0.05) is 0 Å². The number of piperidine rings is 1. The number of aromatic nitrogens is 3. The summed E-state index contributed by atoms with van der Waals surface area (Å²) < 4.78 is 5.04. The van der Waals surface area contributed by atoms with E-state index in [-0.39, 0.29) is 11.8 Å². The van der Waals surface area contributed by atoms with Crippen LogP contribution in [0.1, 0.15) is 37.3 Å². The number of anilines is 2. The van der Waals surface area contributed by atoms with E-state index in [2.05, 4.69) is 31.5 Å². The maximum atomic E-state index is 12.6. The molecule has 0 radical (unpaired) electrons. The van der Waals surface area contributed by atoms with Crippen LogP contribution in [0.5, 0.6) is 5.88 Å². The van der Waals surface area contributed by atoms with Crippen LogP contribution in [0.15, 0.2) is 30.5 Å². The lowest BCUT2D eigenvalue weighted by Gasteiger charge is -2.32. The number of rotatable bonds is 5. The SMILES string of the molecule is COc1ccc(NC(=O)C2CCCN(c3ccc(C4CC4)nn3)C2)cn1. The molecule has 0 aromatic carbocycles. The molecular weight excluding hydrogens is 330 g/mol. The third-order valence-corrected chi connectivity index (χ3v) is 5.00. The molecule has 1 aliphatic carbocycles. The highest BCUT2D eigenvalue weighted by molar-refractivity contribution is 5.92. The molecule has 1 saturated carbocycles. The van der Waals surface area contributed by atoms with Crippen molar-refractivity contribution >= 4 is 17.4 Å². The molecule has 2 aromatic heterocycles. The van der Waals surface area contributed by atoms with Crippen LogP contribution in [0, 0.1) is 5.92 Å². The fraction of sp³-hybridized carbons (Fsp3) is 0.474. The van der Waals surface area contributed by atoms with Crippen molar-refractivity contribution in [3.05, 3.63) is 36.2 Å². The van der Waals surface area contributed by atoms with E-state index in [0.29, 0.717) is 24.0 Å². The van der Waals surface area contributed by atoms with Gasteiger partial charge in [-0.2, -0.15) is 5.10 Å². The monoisotopic (exact) mass is 353 g/mol. The van der Waals surface area contributed by atoms with E-state index in [1.54, 1.807) is 25.4 Å². The van der Waals surface area contributed by atoms with E-state index in [1.807, 2.05) is 6.07 Å². The second-order valence-electron chi connectivity index (χ2n) is 6.95. The Hall–Kier alpha value is -2.70. The van der Waals surface area contributed by atoms with Crippen LogP contribution in [0.3, 0.4) is 0 Å². The molecule has 1 amide bonds. The Bertz CT molecular complexity index is 759. The van der Waals surface area contributed by atoms with Crippen molar-refractivity contribution in [2.24, 2.45) is 5.92 Å². The van der Waals surface area contributed by atoms with Crippen LogP contribution in [-0.2, 0) is 4.79 Å². The molecule has 2 aromatic rings. The van der Waals surface area contributed by atoms with Crippen molar-refractivity contribution in [1.82, 2.24) is 15.2 Å². The van der Waals surface area contributed by atoms with Gasteiger partial charge in [-0.3, -0.25) is 4.79 Å². The first-order chi connectivity index (χ1) is 12.7. The van der Waals surface area contributed by atoms with Gasteiger partial charge in [0, 0.05) is 25.1 Å². The van der Waals surface area contributed by atoms with Crippen molar-refractivity contribution in [1.29, 1.82) is 0 Å². The summed E-state index contributed by atoms with van der Waals surface area (Å²) in [5.41, 5.74) is 1.77. The summed E-state index contributed by atoms with van der Waals surface area (Å²) >= 11 is 0. The quantitative estimate of drug-likeness (QED) is 0.890. The van der Waals surface area contributed by atoms with E-state index in [9.17, 15) is 4.79 Å². The molecule has 1 saturated heterocycles. The lowest BCUT2D eigenvalue weighted by molar-refractivity contribution is -0.120. The average molecular weight is 353 g/mol. The van der Waals surface area contributed by atoms with E-state index < -0.39 is 0 Å². The lowest BCUT2D eigenvalue weighted by Crippen LogP contribution is -2.41. The molecular formula is C19H23N5O2. The smallest absolute Gasteiger partial charge is 0.229 e. The zero-order chi connectivity index (χ0) is 17.9. The van der Waals surface area contributed by atoms with Crippen molar-refractivity contribution in [2.45, 2.75) is 31.6 Å². The first kappa shape index (κ1) is 16.8. The molecule has 0 spiro atoms. The van der Waals surface area contributed by atoms with Crippen LogP contribution in [0.4, 0.5) is 11.5 Å². The second-order valence-corrected chi connectivity index (χ2v) is 6.95. The fourth-order valence-corrected chi connectivity index (χ4v) is 3.32. The molecule has 26 heavy (non-hydrogen) atoms. The number of nitrogens with zero attached hydrogens (tertiary/aromatic N) is 4. The number of ether oxygens (including phenoxy) is 1. The molecule has 1 unspecified atom stereocenters. The average Bonchev–Trinajstić information content (AvgIpc) is 3.54. The zero-order valence-electron chi connectivity index (χ0n) is 14.9. The number of methoxy groups -OCH3 is 1. The van der Waals surface area contributed by atoms with Crippen molar-refractivity contribution in [3.63, 3.8) is 0 Å². The van der Waals surface area contributed by atoms with Gasteiger partial charge in [0.2, 0.25) is 11.8 Å². The van der Waals surface area contributed by atoms with Crippen LogP contribution in [-0.4, -0.2) is 41.3 Å². The standard InChI is InChI=1S/C19H23N5O2/c1-26-18-9-6-15(11-20-18)21-19(25)14-3-2-10-24(12-14)17-8-7-16(22-23-17)13-4-5-13/h6-9,11,13-14H,2-5,10,12H2,1H3,(H,21,25). The molecule has 7 heteroatoms. The molecule has 1 atom stereocenters. The largest absolute Gasteiger partial charge is 0.481 e. The lowest BCUT2D eigenvalue weighted by atomic mass is 9.97. The van der Waals surface area contributed by atoms with E-state index in [0.717, 1.165) is 30.9 Å². The third kappa shape index (κ3) is 3.76. The van der Waals surface area contributed by atoms with Gasteiger partial charge >= 0.3 is 0 Å². The number of hydrogen-bond donors (Lipinski definition) is 1. The first-order valence-electron chi connectivity index (χ1n) is 9.12. The molecule has 7 nitrogen and oxygen atoms in total. The second kappa shape index (κ2) is 7.27. The highest BCUT2D eigenvalue weighted by Crippen LogP contribution is 2.38. The van der Waals surface area contributed by atoms with Gasteiger partial charge in [-0.25, -0.2) is 4.98 Å². The predicted octanol–water partition coefficient (Wildman–Crippen LogP) is 2.61. The van der Waals surface area contributed by atoms with Gasteiger partial charge in [0.1, 0.15) is 0 Å². The van der Waals surface area contributed by atoms with Gasteiger partial charge in [0.15, 0.2) is 5.82 Å². The van der Waals surface area contributed by atoms with Gasteiger partial charge < -0.3 is 15.0 Å². The van der Waals surface area contributed by atoms with Gasteiger partial charge in [0.05, 0.1) is 30.6 Å². The summed E-state index contributed by atoms with van der Waals surface area (Å²) in [7, 11) is 1.57. The van der Waals surface area contributed by atoms with Crippen LogP contribution >= 0.6 is 0 Å². The first-order valence-corrected chi connectivity index (χ1v) is 9.12. The van der Waals surface area contributed by atoms with Crippen molar-refractivity contribution < 1.29 is 9.53 Å². The molecule has 3 heterocycles. The normalized spacial score (nSPS) is 19.9. The van der Waals surface area contributed by atoms with Crippen molar-refractivity contribution in [3.8, 4) is 5.88 Å². The molecule has 2 aliphatic rings. The van der Waals surface area contributed by atoms with Crippen LogP contribution in [0.2, 0.25) is 0 Å². The summed E-state index contributed by atoms with van der Waals surface area (Å²) in [6.45, 7) is 1.57. The molecule has 1 aliphatic heterocycles. The number of pyridine rings is 1. The molecule has 2 fully saturated rings. The summed E-state index contributed by atoms with van der Waals surface area (Å²) in [6.07, 6.45) is 5.89. The Morgan fingerprint density at radius 1 is 1.19 bits per heavy atom. The Morgan fingerprint density at radius 2 is 2.08 bits per heavy atom. The van der Waals surface area contributed by atoms with E-state index in [4.69, 9.17) is 4.74 Å². The number of carbonyl (C=O) groups excluding carboxylic acids is 1. The topological polar surface area (TPSA) is 80.2 Å². The summed E-state index contributed by atoms with van der Waals surface area (Å²) in [5, 5.41) is 11.7. The third-order valence-electron chi connectivity index (χ3n) is 5.00. The maximum absolute atomic E-state index is 12.6. The van der Waals surface area contributed by atoms with Crippen molar-refractivity contribution in [2.75, 3.05) is 30.4 Å². The number of hydrogen-bond acceptors (Lipinski definition) is 6. The molecule has 1 N–H and O–H groups in total. The Balaban J connectivity index is 1.38. The van der Waals surface area contributed by atoms with E-state index in [1.165, 1.54) is 12.8 Å². The molecule has 136 valence electrons.